The molecule has 152 valence electrons. The van der Waals surface area contributed by atoms with Crippen LogP contribution in [0.3, 0.4) is 0 Å². The zero-order valence-electron chi connectivity index (χ0n) is 16.9. The molecule has 1 rings (SSSR count). The molecular weight excluding hydrogens is 332 g/mol. The monoisotopic (exact) mass is 370 g/mol. The van der Waals surface area contributed by atoms with Gasteiger partial charge < -0.3 is 25.0 Å². The maximum Gasteiger partial charge on any atom is 0.243 e. The first-order valence-electron chi connectivity index (χ1n) is 10.0. The number of ether oxygens (including phenoxy) is 2. The van der Waals surface area contributed by atoms with Crippen LogP contribution in [0.25, 0.3) is 0 Å². The van der Waals surface area contributed by atoms with Crippen LogP contribution in [0.4, 0.5) is 0 Å². The lowest BCUT2D eigenvalue weighted by atomic mass is 9.98. The second-order valence-electron chi connectivity index (χ2n) is 6.84. The zero-order valence-corrected chi connectivity index (χ0v) is 16.9. The summed E-state index contributed by atoms with van der Waals surface area (Å²) in [6.07, 6.45) is 8.63. The van der Waals surface area contributed by atoms with Crippen molar-refractivity contribution in [1.82, 2.24) is 15.5 Å². The summed E-state index contributed by atoms with van der Waals surface area (Å²) in [5.74, 6) is 0.662. The molecule has 0 heterocycles. The van der Waals surface area contributed by atoms with Crippen molar-refractivity contribution in [3.8, 4) is 0 Å². The van der Waals surface area contributed by atoms with Crippen molar-refractivity contribution in [3.05, 3.63) is 0 Å². The van der Waals surface area contributed by atoms with Crippen LogP contribution in [-0.2, 0) is 14.3 Å². The second kappa shape index (κ2) is 14.8. The molecular formula is C19H38N4O3. The molecule has 26 heavy (non-hydrogen) atoms. The number of guanidine groups is 1. The average molecular weight is 371 g/mol. The van der Waals surface area contributed by atoms with E-state index in [1.165, 1.54) is 32.1 Å². The molecule has 0 unspecified atom stereocenters. The Hall–Kier alpha value is -1.34. The van der Waals surface area contributed by atoms with E-state index in [9.17, 15) is 4.79 Å². The third-order valence-electron chi connectivity index (χ3n) is 4.35. The highest BCUT2D eigenvalue weighted by Crippen LogP contribution is 2.20. The van der Waals surface area contributed by atoms with Crippen LogP contribution in [-0.4, -0.2) is 76.4 Å². The van der Waals surface area contributed by atoms with Crippen molar-refractivity contribution in [1.29, 1.82) is 0 Å². The van der Waals surface area contributed by atoms with Gasteiger partial charge in [-0.05, 0) is 32.6 Å². The van der Waals surface area contributed by atoms with Crippen molar-refractivity contribution < 1.29 is 14.3 Å². The maximum atomic E-state index is 11.7. The van der Waals surface area contributed by atoms with E-state index in [1.54, 1.807) is 19.0 Å². The highest BCUT2D eigenvalue weighted by Gasteiger charge is 2.13. The van der Waals surface area contributed by atoms with Crippen LogP contribution in [0, 0.1) is 0 Å². The van der Waals surface area contributed by atoms with E-state index < -0.39 is 0 Å². The van der Waals surface area contributed by atoms with Gasteiger partial charge in [0.05, 0.1) is 6.10 Å². The number of carbonyl (C=O) groups excluding carboxylic acids is 1. The first-order valence-corrected chi connectivity index (χ1v) is 10.0. The smallest absolute Gasteiger partial charge is 0.243 e. The molecule has 7 heteroatoms. The Bertz CT molecular complexity index is 396. The number of rotatable bonds is 12. The van der Waals surface area contributed by atoms with Crippen LogP contribution in [0.15, 0.2) is 4.99 Å². The third-order valence-corrected chi connectivity index (χ3v) is 4.35. The van der Waals surface area contributed by atoms with Crippen molar-refractivity contribution in [3.63, 3.8) is 0 Å². The van der Waals surface area contributed by atoms with Crippen molar-refractivity contribution in [2.75, 3.05) is 53.6 Å². The molecule has 2 N–H and O–H groups in total. The molecule has 1 aliphatic rings. The zero-order chi connectivity index (χ0) is 19.0. The Kier molecular flexibility index (Phi) is 12.9. The van der Waals surface area contributed by atoms with Gasteiger partial charge in [-0.15, -0.1) is 0 Å². The summed E-state index contributed by atoms with van der Waals surface area (Å²) in [5, 5.41) is 6.55. The fourth-order valence-electron chi connectivity index (χ4n) is 2.75. The second-order valence-corrected chi connectivity index (χ2v) is 6.84. The number of carbonyl (C=O) groups is 1. The van der Waals surface area contributed by atoms with Crippen LogP contribution in [0.1, 0.15) is 51.9 Å². The van der Waals surface area contributed by atoms with Crippen LogP contribution in [0.5, 0.6) is 0 Å². The van der Waals surface area contributed by atoms with E-state index in [0.29, 0.717) is 12.1 Å². The molecule has 1 saturated carbocycles. The summed E-state index contributed by atoms with van der Waals surface area (Å²) in [6, 6.07) is 0. The van der Waals surface area contributed by atoms with Gasteiger partial charge in [0.25, 0.3) is 0 Å². The first kappa shape index (κ1) is 22.7. The minimum absolute atomic E-state index is 0.0129. The van der Waals surface area contributed by atoms with Crippen LogP contribution < -0.4 is 10.6 Å². The molecule has 0 bridgehead atoms. The predicted molar refractivity (Wildman–Crippen MR) is 106 cm³/mol. The summed E-state index contributed by atoms with van der Waals surface area (Å²) >= 11 is 0. The van der Waals surface area contributed by atoms with Gasteiger partial charge in [0, 0.05) is 47.0 Å². The number of likely N-dealkylation sites (N-methyl/N-ethyl adjacent to an activating group) is 1. The molecule has 1 fully saturated rings. The van der Waals surface area contributed by atoms with Gasteiger partial charge in [-0.3, -0.25) is 4.79 Å². The Balaban J connectivity index is 2.25. The van der Waals surface area contributed by atoms with E-state index in [4.69, 9.17) is 9.47 Å². The first-order chi connectivity index (χ1) is 12.6. The lowest BCUT2D eigenvalue weighted by molar-refractivity contribution is -0.127. The highest BCUT2D eigenvalue weighted by atomic mass is 16.5. The molecule has 0 saturated heterocycles. The molecule has 0 atom stereocenters. The van der Waals surface area contributed by atoms with Crippen LogP contribution in [0.2, 0.25) is 0 Å². The van der Waals surface area contributed by atoms with Gasteiger partial charge >= 0.3 is 0 Å². The minimum Gasteiger partial charge on any atom is -0.382 e. The topological polar surface area (TPSA) is 75.2 Å². The van der Waals surface area contributed by atoms with E-state index in [0.717, 1.165) is 45.8 Å². The van der Waals surface area contributed by atoms with Crippen molar-refractivity contribution in [2.45, 2.75) is 58.0 Å². The lowest BCUT2D eigenvalue weighted by Crippen LogP contribution is -2.40. The SMILES string of the molecule is CCOCCCNC(=NCC(=O)N(C)C)NCCCOC1CCCCC1. The molecule has 1 aliphatic carbocycles. The molecule has 0 aromatic carbocycles. The molecule has 0 radical (unpaired) electrons. The van der Waals surface area contributed by atoms with Crippen molar-refractivity contribution >= 4 is 11.9 Å². The molecule has 0 spiro atoms. The molecule has 0 aliphatic heterocycles. The Morgan fingerprint density at radius 1 is 1.08 bits per heavy atom. The number of nitrogens with zero attached hydrogens (tertiary/aromatic N) is 2. The Morgan fingerprint density at radius 3 is 2.35 bits per heavy atom. The fraction of sp³-hybridized carbons (Fsp3) is 0.895. The van der Waals surface area contributed by atoms with Gasteiger partial charge in [-0.25, -0.2) is 4.99 Å². The summed E-state index contributed by atoms with van der Waals surface area (Å²) in [4.78, 5) is 17.7. The molecule has 7 nitrogen and oxygen atoms in total. The summed E-state index contributed by atoms with van der Waals surface area (Å²) in [5.41, 5.74) is 0. The Labute approximate surface area is 158 Å². The molecule has 0 aromatic rings. The number of aliphatic imine (C=N–C) groups is 1. The normalized spacial score (nSPS) is 15.7. The summed E-state index contributed by atoms with van der Waals surface area (Å²) in [7, 11) is 3.48. The quantitative estimate of drug-likeness (QED) is 0.311. The van der Waals surface area contributed by atoms with Crippen molar-refractivity contribution in [2.24, 2.45) is 4.99 Å². The van der Waals surface area contributed by atoms with Crippen LogP contribution >= 0.6 is 0 Å². The number of nitrogens with one attached hydrogen (secondary N) is 2. The number of hydrogen-bond donors (Lipinski definition) is 2. The van der Waals surface area contributed by atoms with E-state index in [1.807, 2.05) is 6.92 Å². The Morgan fingerprint density at radius 2 is 1.73 bits per heavy atom. The lowest BCUT2D eigenvalue weighted by Gasteiger charge is -2.22. The summed E-state index contributed by atoms with van der Waals surface area (Å²) in [6.45, 7) is 5.91. The van der Waals surface area contributed by atoms with Gasteiger partial charge in [-0.1, -0.05) is 19.3 Å². The highest BCUT2D eigenvalue weighted by molar-refractivity contribution is 5.84. The van der Waals surface area contributed by atoms with Gasteiger partial charge in [0.15, 0.2) is 5.96 Å². The average Bonchev–Trinajstić information content (AvgIpc) is 2.65. The fourth-order valence-corrected chi connectivity index (χ4v) is 2.75. The van der Waals surface area contributed by atoms with Gasteiger partial charge in [-0.2, -0.15) is 0 Å². The summed E-state index contributed by atoms with van der Waals surface area (Å²) < 4.78 is 11.3. The third kappa shape index (κ3) is 11.3. The standard InChI is InChI=1S/C19H38N4O3/c1-4-25-14-8-12-20-19(22-16-18(24)23(2)3)21-13-9-15-26-17-10-6-5-7-11-17/h17H,4-16H2,1-3H3,(H2,20,21,22). The molecule has 1 amide bonds. The number of hydrogen-bond acceptors (Lipinski definition) is 4. The van der Waals surface area contributed by atoms with E-state index in [-0.39, 0.29) is 12.5 Å². The largest absolute Gasteiger partial charge is 0.382 e. The van der Waals surface area contributed by atoms with E-state index in [2.05, 4.69) is 15.6 Å². The van der Waals surface area contributed by atoms with Gasteiger partial charge in [0.1, 0.15) is 6.54 Å². The van der Waals surface area contributed by atoms with E-state index >= 15 is 0 Å². The maximum absolute atomic E-state index is 11.7. The minimum atomic E-state index is -0.0129. The predicted octanol–water partition coefficient (Wildman–Crippen LogP) is 1.78. The molecule has 0 aromatic heterocycles. The number of amides is 1. The van der Waals surface area contributed by atoms with Gasteiger partial charge in [0.2, 0.25) is 5.91 Å².